The lowest BCUT2D eigenvalue weighted by Crippen LogP contribution is -2.28. The summed E-state index contributed by atoms with van der Waals surface area (Å²) in [6, 6.07) is 6.47. The Kier molecular flexibility index (Phi) is 3.96. The Hall–Kier alpha value is -1.43. The summed E-state index contributed by atoms with van der Waals surface area (Å²) in [5.74, 6) is 6.18. The molecule has 0 spiro atoms. The Morgan fingerprint density at radius 1 is 1.39 bits per heavy atom. The molecule has 0 bridgehead atoms. The van der Waals surface area contributed by atoms with E-state index < -0.39 is 0 Å². The van der Waals surface area contributed by atoms with Crippen LogP contribution in [0.4, 0.5) is 4.39 Å². The molecule has 0 aliphatic heterocycles. The van der Waals surface area contributed by atoms with E-state index in [0.717, 1.165) is 21.8 Å². The molecule has 0 saturated carbocycles. The summed E-state index contributed by atoms with van der Waals surface area (Å²) >= 11 is 1.55. The van der Waals surface area contributed by atoms with Crippen LogP contribution in [0, 0.1) is 12.7 Å². The molecule has 18 heavy (non-hydrogen) atoms. The highest BCUT2D eigenvalue weighted by Gasteiger charge is 2.17. The number of nitrogens with two attached hydrogens (primary N) is 1. The number of rotatable bonds is 4. The minimum Gasteiger partial charge on any atom is -0.496 e. The zero-order chi connectivity index (χ0) is 13.1. The molecule has 1 aromatic heterocycles. The van der Waals surface area contributed by atoms with E-state index in [4.69, 9.17) is 10.6 Å². The fourth-order valence-electron chi connectivity index (χ4n) is 1.88. The molecule has 1 heterocycles. The van der Waals surface area contributed by atoms with Gasteiger partial charge in [0, 0.05) is 10.3 Å². The maximum absolute atomic E-state index is 13.1. The molecule has 2 aromatic rings. The Morgan fingerprint density at radius 3 is 2.72 bits per heavy atom. The van der Waals surface area contributed by atoms with Crippen molar-refractivity contribution in [3.63, 3.8) is 0 Å². The van der Waals surface area contributed by atoms with Crippen LogP contribution < -0.4 is 16.0 Å². The van der Waals surface area contributed by atoms with Crippen molar-refractivity contribution in [2.45, 2.75) is 13.0 Å². The second-order valence-corrected chi connectivity index (χ2v) is 4.93. The Bertz CT molecular complexity index is 542. The van der Waals surface area contributed by atoms with Crippen LogP contribution in [0.1, 0.15) is 22.0 Å². The van der Waals surface area contributed by atoms with Crippen molar-refractivity contribution in [3.8, 4) is 5.75 Å². The second kappa shape index (κ2) is 5.48. The molecule has 5 heteroatoms. The third-order valence-electron chi connectivity index (χ3n) is 2.83. The van der Waals surface area contributed by atoms with Crippen LogP contribution in [0.5, 0.6) is 5.75 Å². The predicted molar refractivity (Wildman–Crippen MR) is 71.2 cm³/mol. The number of ether oxygens (including phenoxy) is 1. The van der Waals surface area contributed by atoms with E-state index in [9.17, 15) is 4.39 Å². The highest BCUT2D eigenvalue weighted by molar-refractivity contribution is 7.10. The first-order chi connectivity index (χ1) is 8.65. The molecule has 3 nitrogen and oxygen atoms in total. The summed E-state index contributed by atoms with van der Waals surface area (Å²) < 4.78 is 18.3. The van der Waals surface area contributed by atoms with Gasteiger partial charge in [-0.15, -0.1) is 11.3 Å². The third-order valence-corrected chi connectivity index (χ3v) is 3.80. The van der Waals surface area contributed by atoms with Gasteiger partial charge >= 0.3 is 0 Å². The third kappa shape index (κ3) is 2.53. The van der Waals surface area contributed by atoms with E-state index in [-0.39, 0.29) is 11.9 Å². The van der Waals surface area contributed by atoms with E-state index in [1.165, 1.54) is 12.1 Å². The van der Waals surface area contributed by atoms with Gasteiger partial charge in [0.2, 0.25) is 0 Å². The molecule has 0 saturated heterocycles. The summed E-state index contributed by atoms with van der Waals surface area (Å²) in [5.41, 5.74) is 4.59. The molecule has 0 amide bonds. The number of methoxy groups -OCH3 is 1. The number of halogens is 1. The minimum atomic E-state index is -0.240. The number of benzene rings is 1. The van der Waals surface area contributed by atoms with Crippen molar-refractivity contribution in [3.05, 3.63) is 51.5 Å². The van der Waals surface area contributed by atoms with E-state index in [1.54, 1.807) is 24.5 Å². The van der Waals surface area contributed by atoms with Gasteiger partial charge in [0.25, 0.3) is 0 Å². The van der Waals surface area contributed by atoms with E-state index in [0.29, 0.717) is 0 Å². The fourth-order valence-corrected chi connectivity index (χ4v) is 2.81. The molecule has 0 fully saturated rings. The monoisotopic (exact) mass is 266 g/mol. The molecule has 1 aromatic carbocycles. The van der Waals surface area contributed by atoms with E-state index >= 15 is 0 Å². The first-order valence-electron chi connectivity index (χ1n) is 5.50. The number of thiophene rings is 1. The lowest BCUT2D eigenvalue weighted by Gasteiger charge is -2.17. The number of nitrogens with one attached hydrogen (secondary N) is 1. The molecule has 96 valence electrons. The summed E-state index contributed by atoms with van der Waals surface area (Å²) in [6.45, 7) is 1.87. The minimum absolute atomic E-state index is 0.153. The van der Waals surface area contributed by atoms with Gasteiger partial charge in [0.05, 0.1) is 13.2 Å². The standard InChI is InChI=1S/C13H15FN2OS/c1-8-5-9(14)3-4-11(8)13(16-15)12-6-10(17-2)7-18-12/h3-7,13,16H,15H2,1-2H3. The molecule has 0 radical (unpaired) electrons. The van der Waals surface area contributed by atoms with Crippen molar-refractivity contribution in [2.75, 3.05) is 7.11 Å². The van der Waals surface area contributed by atoms with Gasteiger partial charge < -0.3 is 4.74 Å². The Labute approximate surface area is 109 Å². The van der Waals surface area contributed by atoms with Gasteiger partial charge in [-0.1, -0.05) is 6.07 Å². The van der Waals surface area contributed by atoms with Gasteiger partial charge in [0.1, 0.15) is 11.6 Å². The molecule has 1 unspecified atom stereocenters. The van der Waals surface area contributed by atoms with E-state index in [1.807, 2.05) is 18.4 Å². The SMILES string of the molecule is COc1csc(C(NN)c2ccc(F)cc2C)c1. The van der Waals surface area contributed by atoms with Crippen LogP contribution in [0.15, 0.2) is 29.6 Å². The predicted octanol–water partition coefficient (Wildman–Crippen LogP) is 2.76. The van der Waals surface area contributed by atoms with Crippen LogP contribution in [0.2, 0.25) is 0 Å². The second-order valence-electron chi connectivity index (χ2n) is 3.99. The van der Waals surface area contributed by atoms with Crippen molar-refractivity contribution in [1.82, 2.24) is 5.43 Å². The summed E-state index contributed by atoms with van der Waals surface area (Å²) in [5, 5.41) is 1.92. The molecular weight excluding hydrogens is 251 g/mol. The van der Waals surface area contributed by atoms with Gasteiger partial charge in [0.15, 0.2) is 0 Å². The normalized spacial score (nSPS) is 12.4. The van der Waals surface area contributed by atoms with Crippen LogP contribution >= 0.6 is 11.3 Å². The lowest BCUT2D eigenvalue weighted by atomic mass is 10.0. The first kappa shape index (κ1) is 13.0. The molecule has 0 aliphatic rings. The fraction of sp³-hybridized carbons (Fsp3) is 0.231. The topological polar surface area (TPSA) is 47.3 Å². The zero-order valence-corrected chi connectivity index (χ0v) is 11.1. The highest BCUT2D eigenvalue weighted by Crippen LogP contribution is 2.32. The molecule has 1 atom stereocenters. The average Bonchev–Trinajstić information content (AvgIpc) is 2.81. The van der Waals surface area contributed by atoms with Gasteiger partial charge in [-0.05, 0) is 36.2 Å². The number of hydrazine groups is 1. The van der Waals surface area contributed by atoms with Crippen LogP contribution in [0.3, 0.4) is 0 Å². The van der Waals surface area contributed by atoms with Gasteiger partial charge in [-0.2, -0.15) is 0 Å². The van der Waals surface area contributed by atoms with Gasteiger partial charge in [-0.25, -0.2) is 9.82 Å². The van der Waals surface area contributed by atoms with Crippen LogP contribution in [0.25, 0.3) is 0 Å². The Morgan fingerprint density at radius 2 is 2.17 bits per heavy atom. The summed E-state index contributed by atoms with van der Waals surface area (Å²) in [7, 11) is 1.62. The van der Waals surface area contributed by atoms with Crippen molar-refractivity contribution < 1.29 is 9.13 Å². The highest BCUT2D eigenvalue weighted by atomic mass is 32.1. The van der Waals surface area contributed by atoms with Crippen LogP contribution in [-0.2, 0) is 0 Å². The largest absolute Gasteiger partial charge is 0.496 e. The lowest BCUT2D eigenvalue weighted by molar-refractivity contribution is 0.416. The van der Waals surface area contributed by atoms with Crippen molar-refractivity contribution in [1.29, 1.82) is 0 Å². The molecule has 3 N–H and O–H groups in total. The number of hydrogen-bond acceptors (Lipinski definition) is 4. The summed E-state index contributed by atoms with van der Waals surface area (Å²) in [4.78, 5) is 1.03. The maximum Gasteiger partial charge on any atom is 0.129 e. The van der Waals surface area contributed by atoms with Crippen LogP contribution in [-0.4, -0.2) is 7.11 Å². The zero-order valence-electron chi connectivity index (χ0n) is 10.2. The first-order valence-corrected chi connectivity index (χ1v) is 6.38. The van der Waals surface area contributed by atoms with Crippen molar-refractivity contribution in [2.24, 2.45) is 5.84 Å². The average molecular weight is 266 g/mol. The number of hydrogen-bond donors (Lipinski definition) is 2. The molecule has 0 aliphatic carbocycles. The quantitative estimate of drug-likeness (QED) is 0.661. The maximum atomic E-state index is 13.1. The smallest absolute Gasteiger partial charge is 0.129 e. The van der Waals surface area contributed by atoms with Gasteiger partial charge in [-0.3, -0.25) is 5.84 Å². The molecule has 2 rings (SSSR count). The number of aryl methyl sites for hydroxylation is 1. The van der Waals surface area contributed by atoms with E-state index in [2.05, 4.69) is 5.43 Å². The molecular formula is C13H15FN2OS. The summed E-state index contributed by atoms with van der Waals surface area (Å²) in [6.07, 6.45) is 0. The van der Waals surface area contributed by atoms with Crippen molar-refractivity contribution >= 4 is 11.3 Å². The Balaban J connectivity index is 2.38.